The third kappa shape index (κ3) is 4.45. The summed E-state index contributed by atoms with van der Waals surface area (Å²) in [4.78, 5) is 0. The maximum Gasteiger partial charge on any atom is 0.130 e. The predicted octanol–water partition coefficient (Wildman–Crippen LogP) is 5.33. The van der Waals surface area contributed by atoms with Crippen LogP contribution >= 0.6 is 11.6 Å². The monoisotopic (exact) mass is 307 g/mol. The fourth-order valence-electron chi connectivity index (χ4n) is 2.06. The molecule has 0 saturated carbocycles. The van der Waals surface area contributed by atoms with E-state index < -0.39 is 0 Å². The lowest BCUT2D eigenvalue weighted by molar-refractivity contribution is 0.476. The van der Waals surface area contributed by atoms with Gasteiger partial charge in [0.25, 0.3) is 0 Å². The minimum Gasteiger partial charge on any atom is -0.457 e. The normalized spacial score (nSPS) is 12.2. The maximum atomic E-state index is 13.1. The minimum absolute atomic E-state index is 0.181. The van der Waals surface area contributed by atoms with Crippen molar-refractivity contribution in [2.45, 2.75) is 26.3 Å². The highest BCUT2D eigenvalue weighted by Gasteiger charge is 2.10. The number of ether oxygens (including phenoxy) is 1. The van der Waals surface area contributed by atoms with E-state index in [1.54, 1.807) is 18.2 Å². The number of nitrogens with one attached hydrogen (secondary N) is 1. The van der Waals surface area contributed by atoms with E-state index in [2.05, 4.69) is 19.2 Å². The van der Waals surface area contributed by atoms with Crippen LogP contribution in [-0.4, -0.2) is 6.54 Å². The number of hydrogen-bond acceptors (Lipinski definition) is 2. The van der Waals surface area contributed by atoms with Crippen molar-refractivity contribution >= 4 is 11.6 Å². The molecule has 2 aromatic carbocycles. The Labute approximate surface area is 129 Å². The summed E-state index contributed by atoms with van der Waals surface area (Å²) in [5.74, 6) is 0.723. The van der Waals surface area contributed by atoms with Crippen LogP contribution < -0.4 is 10.1 Å². The van der Waals surface area contributed by atoms with Gasteiger partial charge in [-0.05, 0) is 49.7 Å². The van der Waals surface area contributed by atoms with E-state index in [9.17, 15) is 4.39 Å². The number of halogens is 2. The minimum atomic E-state index is -0.326. The number of rotatable bonds is 6. The zero-order valence-electron chi connectivity index (χ0n) is 12.2. The van der Waals surface area contributed by atoms with Gasteiger partial charge in [-0.15, -0.1) is 0 Å². The third-order valence-electron chi connectivity index (χ3n) is 3.17. The van der Waals surface area contributed by atoms with Crippen molar-refractivity contribution in [3.63, 3.8) is 0 Å². The van der Waals surface area contributed by atoms with E-state index in [4.69, 9.17) is 16.3 Å². The molecule has 0 amide bonds. The van der Waals surface area contributed by atoms with Gasteiger partial charge in [-0.1, -0.05) is 30.7 Å². The van der Waals surface area contributed by atoms with Crippen LogP contribution in [0.2, 0.25) is 5.02 Å². The Balaban J connectivity index is 2.11. The van der Waals surface area contributed by atoms with Crippen molar-refractivity contribution in [2.75, 3.05) is 6.54 Å². The average Bonchev–Trinajstić information content (AvgIpc) is 2.45. The standard InChI is InChI=1S/C17H19ClFNO/c1-3-9-20-12(2)16-8-7-15(11-17(16)18)21-14-6-4-5-13(19)10-14/h4-8,10-12,20H,3,9H2,1-2H3. The highest BCUT2D eigenvalue weighted by molar-refractivity contribution is 6.31. The Morgan fingerprint density at radius 2 is 1.95 bits per heavy atom. The number of benzene rings is 2. The summed E-state index contributed by atoms with van der Waals surface area (Å²) in [6.07, 6.45) is 1.07. The molecule has 0 spiro atoms. The zero-order chi connectivity index (χ0) is 15.2. The molecule has 0 aliphatic heterocycles. The molecule has 0 saturated heterocycles. The first-order chi connectivity index (χ1) is 10.1. The van der Waals surface area contributed by atoms with Gasteiger partial charge in [0.05, 0.1) is 0 Å². The quantitative estimate of drug-likeness (QED) is 0.778. The smallest absolute Gasteiger partial charge is 0.130 e. The van der Waals surface area contributed by atoms with Crippen LogP contribution in [-0.2, 0) is 0 Å². The summed E-state index contributed by atoms with van der Waals surface area (Å²) in [6, 6.07) is 11.7. The van der Waals surface area contributed by atoms with E-state index in [1.165, 1.54) is 12.1 Å². The molecular weight excluding hydrogens is 289 g/mol. The van der Waals surface area contributed by atoms with E-state index in [0.29, 0.717) is 16.5 Å². The van der Waals surface area contributed by atoms with Crippen LogP contribution in [0.1, 0.15) is 31.9 Å². The molecule has 1 atom stereocenters. The summed E-state index contributed by atoms with van der Waals surface area (Å²) in [5.41, 5.74) is 1.02. The third-order valence-corrected chi connectivity index (χ3v) is 3.50. The van der Waals surface area contributed by atoms with Crippen molar-refractivity contribution in [1.82, 2.24) is 5.32 Å². The molecule has 4 heteroatoms. The first-order valence-electron chi connectivity index (χ1n) is 7.06. The molecular formula is C17H19ClFNO. The first kappa shape index (κ1) is 15.8. The molecule has 2 rings (SSSR count). The molecule has 0 heterocycles. The van der Waals surface area contributed by atoms with Gasteiger partial charge >= 0.3 is 0 Å². The molecule has 2 nitrogen and oxygen atoms in total. The number of hydrogen-bond donors (Lipinski definition) is 1. The summed E-state index contributed by atoms with van der Waals surface area (Å²) in [5, 5.41) is 4.03. The molecule has 2 aromatic rings. The van der Waals surface area contributed by atoms with Crippen molar-refractivity contribution < 1.29 is 9.13 Å². The Bertz CT molecular complexity index is 603. The van der Waals surface area contributed by atoms with Gasteiger partial charge in [0.2, 0.25) is 0 Å². The lowest BCUT2D eigenvalue weighted by atomic mass is 10.1. The Hall–Kier alpha value is -1.58. The molecule has 0 aliphatic carbocycles. The average molecular weight is 308 g/mol. The van der Waals surface area contributed by atoms with Crippen LogP contribution in [0, 0.1) is 5.82 Å². The fourth-order valence-corrected chi connectivity index (χ4v) is 2.39. The van der Waals surface area contributed by atoms with Crippen molar-refractivity contribution in [2.24, 2.45) is 0 Å². The molecule has 0 bridgehead atoms. The van der Waals surface area contributed by atoms with Gasteiger partial charge in [0.1, 0.15) is 17.3 Å². The van der Waals surface area contributed by atoms with E-state index >= 15 is 0 Å². The zero-order valence-corrected chi connectivity index (χ0v) is 13.0. The van der Waals surface area contributed by atoms with Gasteiger partial charge in [-0.3, -0.25) is 0 Å². The molecule has 0 aliphatic rings. The molecule has 0 radical (unpaired) electrons. The highest BCUT2D eigenvalue weighted by atomic mass is 35.5. The second-order valence-corrected chi connectivity index (χ2v) is 5.33. The summed E-state index contributed by atoms with van der Waals surface area (Å²) in [6.45, 7) is 5.14. The molecule has 0 aromatic heterocycles. The fraction of sp³-hybridized carbons (Fsp3) is 0.294. The molecule has 21 heavy (non-hydrogen) atoms. The molecule has 1 N–H and O–H groups in total. The molecule has 0 fully saturated rings. The lowest BCUT2D eigenvalue weighted by Gasteiger charge is -2.16. The van der Waals surface area contributed by atoms with Crippen LogP contribution in [0.4, 0.5) is 4.39 Å². The summed E-state index contributed by atoms with van der Waals surface area (Å²) in [7, 11) is 0. The van der Waals surface area contributed by atoms with Crippen LogP contribution in [0.3, 0.4) is 0 Å². The van der Waals surface area contributed by atoms with E-state index in [-0.39, 0.29) is 11.9 Å². The largest absolute Gasteiger partial charge is 0.457 e. The molecule has 112 valence electrons. The van der Waals surface area contributed by atoms with Crippen molar-refractivity contribution in [3.8, 4) is 11.5 Å². The topological polar surface area (TPSA) is 21.3 Å². The van der Waals surface area contributed by atoms with Crippen LogP contribution in [0.25, 0.3) is 0 Å². The van der Waals surface area contributed by atoms with Gasteiger partial charge in [-0.25, -0.2) is 4.39 Å². The second kappa shape index (κ2) is 7.43. The molecule has 1 unspecified atom stereocenters. The lowest BCUT2D eigenvalue weighted by Crippen LogP contribution is -2.19. The van der Waals surface area contributed by atoms with Crippen molar-refractivity contribution in [1.29, 1.82) is 0 Å². The van der Waals surface area contributed by atoms with Crippen LogP contribution in [0.5, 0.6) is 11.5 Å². The van der Waals surface area contributed by atoms with E-state index in [1.807, 2.05) is 12.1 Å². The van der Waals surface area contributed by atoms with Gasteiger partial charge in [0.15, 0.2) is 0 Å². The first-order valence-corrected chi connectivity index (χ1v) is 7.44. The van der Waals surface area contributed by atoms with Crippen LogP contribution in [0.15, 0.2) is 42.5 Å². The Morgan fingerprint density at radius 1 is 1.19 bits per heavy atom. The van der Waals surface area contributed by atoms with Gasteiger partial charge < -0.3 is 10.1 Å². The van der Waals surface area contributed by atoms with Crippen molar-refractivity contribution in [3.05, 3.63) is 58.9 Å². The SMILES string of the molecule is CCCNC(C)c1ccc(Oc2cccc(F)c2)cc1Cl. The van der Waals surface area contributed by atoms with Gasteiger partial charge in [0, 0.05) is 17.1 Å². The Kier molecular flexibility index (Phi) is 5.59. The summed E-state index contributed by atoms with van der Waals surface area (Å²) >= 11 is 6.31. The second-order valence-electron chi connectivity index (χ2n) is 4.92. The van der Waals surface area contributed by atoms with Gasteiger partial charge in [-0.2, -0.15) is 0 Å². The highest BCUT2D eigenvalue weighted by Crippen LogP contribution is 2.30. The predicted molar refractivity (Wildman–Crippen MR) is 84.6 cm³/mol. The summed E-state index contributed by atoms with van der Waals surface area (Å²) < 4.78 is 18.7. The Morgan fingerprint density at radius 3 is 2.62 bits per heavy atom. The van der Waals surface area contributed by atoms with E-state index in [0.717, 1.165) is 18.5 Å². The maximum absolute atomic E-state index is 13.1.